The van der Waals surface area contributed by atoms with Crippen molar-refractivity contribution in [2.24, 2.45) is 0 Å². The monoisotopic (exact) mass is 334 g/mol. The van der Waals surface area contributed by atoms with Gasteiger partial charge in [-0.25, -0.2) is 9.37 Å². The molecule has 1 fully saturated rings. The lowest BCUT2D eigenvalue weighted by atomic mass is 10.2. The number of aromatic nitrogens is 2. The van der Waals surface area contributed by atoms with Gasteiger partial charge in [-0.3, -0.25) is 9.69 Å². The molecule has 2 heterocycles. The Kier molecular flexibility index (Phi) is 4.82. The Hall–Kier alpha value is -1.99. The molecular weight excluding hydrogens is 311 g/mol. The number of halogens is 1. The minimum Gasteiger partial charge on any atom is -0.384 e. The zero-order valence-corrected chi connectivity index (χ0v) is 14.1. The van der Waals surface area contributed by atoms with Crippen LogP contribution in [0.2, 0.25) is 0 Å². The van der Waals surface area contributed by atoms with E-state index >= 15 is 0 Å². The molecule has 1 aromatic carbocycles. The van der Waals surface area contributed by atoms with Gasteiger partial charge >= 0.3 is 0 Å². The fourth-order valence-electron chi connectivity index (χ4n) is 3.22. The molecule has 0 aliphatic carbocycles. The van der Waals surface area contributed by atoms with E-state index in [2.05, 4.69) is 14.5 Å². The number of carbonyl (C=O) groups is 1. The summed E-state index contributed by atoms with van der Waals surface area (Å²) in [5, 5.41) is 9.40. The fourth-order valence-corrected chi connectivity index (χ4v) is 3.22. The van der Waals surface area contributed by atoms with Crippen molar-refractivity contribution in [2.75, 3.05) is 26.2 Å². The molecule has 24 heavy (non-hydrogen) atoms. The minimum absolute atomic E-state index is 0.217. The van der Waals surface area contributed by atoms with E-state index in [0.29, 0.717) is 25.2 Å². The molecular formula is C17H23FN4O2. The molecule has 6 nitrogen and oxygen atoms in total. The molecule has 1 unspecified atom stereocenters. The average Bonchev–Trinajstić information content (AvgIpc) is 2.90. The molecule has 1 saturated heterocycles. The maximum atomic E-state index is 13.4. The Labute approximate surface area is 140 Å². The van der Waals surface area contributed by atoms with E-state index in [1.807, 2.05) is 6.92 Å². The number of amides is 1. The molecule has 0 spiro atoms. The van der Waals surface area contributed by atoms with Crippen molar-refractivity contribution in [3.05, 3.63) is 29.8 Å². The summed E-state index contributed by atoms with van der Waals surface area (Å²) in [6, 6.07) is 4.69. The molecule has 0 saturated carbocycles. The van der Waals surface area contributed by atoms with Crippen molar-refractivity contribution < 1.29 is 14.3 Å². The topological polar surface area (TPSA) is 61.6 Å². The standard InChI is InChI=1S/C17H23FN4O2/c1-3-22-15-5-4-13(18)10-14(15)19-16(22)11-20-6-8-21(9-7-20)17(24)12(2)23/h4-5,10,12,23H,3,6-9,11H2,1-2H3. The molecule has 0 radical (unpaired) electrons. The largest absolute Gasteiger partial charge is 0.384 e. The van der Waals surface area contributed by atoms with Crippen molar-refractivity contribution >= 4 is 16.9 Å². The van der Waals surface area contributed by atoms with Gasteiger partial charge < -0.3 is 14.6 Å². The van der Waals surface area contributed by atoms with Crippen LogP contribution in [-0.2, 0) is 17.9 Å². The summed E-state index contributed by atoms with van der Waals surface area (Å²) in [4.78, 5) is 20.3. The van der Waals surface area contributed by atoms with Gasteiger partial charge in [-0.1, -0.05) is 0 Å². The van der Waals surface area contributed by atoms with Crippen LogP contribution in [0.1, 0.15) is 19.7 Å². The molecule has 1 aliphatic rings. The molecule has 1 atom stereocenters. The molecule has 0 bridgehead atoms. The summed E-state index contributed by atoms with van der Waals surface area (Å²) in [7, 11) is 0. The Morgan fingerprint density at radius 3 is 2.67 bits per heavy atom. The Balaban J connectivity index is 1.71. The first-order chi connectivity index (χ1) is 11.5. The van der Waals surface area contributed by atoms with E-state index < -0.39 is 6.10 Å². The molecule has 1 aliphatic heterocycles. The smallest absolute Gasteiger partial charge is 0.251 e. The number of aryl methyl sites for hydroxylation is 1. The van der Waals surface area contributed by atoms with Crippen LogP contribution in [-0.4, -0.2) is 62.6 Å². The van der Waals surface area contributed by atoms with Crippen LogP contribution < -0.4 is 0 Å². The Morgan fingerprint density at radius 1 is 1.33 bits per heavy atom. The van der Waals surface area contributed by atoms with Gasteiger partial charge in [0.15, 0.2) is 0 Å². The number of aliphatic hydroxyl groups excluding tert-OH is 1. The first-order valence-electron chi connectivity index (χ1n) is 8.33. The number of fused-ring (bicyclic) bond motifs is 1. The number of hydrogen-bond donors (Lipinski definition) is 1. The lowest BCUT2D eigenvalue weighted by Gasteiger charge is -2.35. The summed E-state index contributed by atoms with van der Waals surface area (Å²) in [6.45, 7) is 7.67. The van der Waals surface area contributed by atoms with Crippen molar-refractivity contribution in [2.45, 2.75) is 33.0 Å². The van der Waals surface area contributed by atoms with Crippen LogP contribution in [0.3, 0.4) is 0 Å². The van der Waals surface area contributed by atoms with Crippen molar-refractivity contribution in [3.63, 3.8) is 0 Å². The van der Waals surface area contributed by atoms with Gasteiger partial charge in [0, 0.05) is 38.8 Å². The number of hydrogen-bond acceptors (Lipinski definition) is 4. The minimum atomic E-state index is -0.948. The quantitative estimate of drug-likeness (QED) is 0.913. The number of piperazine rings is 1. The van der Waals surface area contributed by atoms with Gasteiger partial charge in [-0.15, -0.1) is 0 Å². The molecule has 2 aromatic rings. The number of imidazole rings is 1. The van der Waals surface area contributed by atoms with Gasteiger partial charge in [0.1, 0.15) is 17.7 Å². The van der Waals surface area contributed by atoms with Gasteiger partial charge in [-0.2, -0.15) is 0 Å². The molecule has 7 heteroatoms. The average molecular weight is 334 g/mol. The van der Waals surface area contributed by atoms with Gasteiger partial charge in [-0.05, 0) is 26.0 Å². The SMILES string of the molecule is CCn1c(CN2CCN(C(=O)C(C)O)CC2)nc2cc(F)ccc21. The van der Waals surface area contributed by atoms with Crippen molar-refractivity contribution in [1.82, 2.24) is 19.4 Å². The van der Waals surface area contributed by atoms with Crippen LogP contribution in [0.4, 0.5) is 4.39 Å². The zero-order valence-electron chi connectivity index (χ0n) is 14.1. The fraction of sp³-hybridized carbons (Fsp3) is 0.529. The normalized spacial score (nSPS) is 17.4. The summed E-state index contributed by atoms with van der Waals surface area (Å²) in [5.41, 5.74) is 1.62. The van der Waals surface area contributed by atoms with Crippen LogP contribution in [0.15, 0.2) is 18.2 Å². The van der Waals surface area contributed by atoms with Gasteiger partial charge in [0.25, 0.3) is 5.91 Å². The van der Waals surface area contributed by atoms with E-state index in [1.54, 1.807) is 11.0 Å². The second kappa shape index (κ2) is 6.86. The maximum Gasteiger partial charge on any atom is 0.251 e. The molecule has 1 aromatic heterocycles. The maximum absolute atomic E-state index is 13.4. The first kappa shape index (κ1) is 16.9. The lowest BCUT2D eigenvalue weighted by Crippen LogP contribution is -2.50. The summed E-state index contributed by atoms with van der Waals surface area (Å²) < 4.78 is 15.5. The molecule has 1 N–H and O–H groups in total. The van der Waals surface area contributed by atoms with Crippen LogP contribution in [0, 0.1) is 5.82 Å². The highest BCUT2D eigenvalue weighted by atomic mass is 19.1. The number of benzene rings is 1. The predicted molar refractivity (Wildman–Crippen MR) is 88.9 cm³/mol. The number of aliphatic hydroxyl groups is 1. The third-order valence-corrected chi connectivity index (χ3v) is 4.51. The third kappa shape index (κ3) is 3.27. The summed E-state index contributed by atoms with van der Waals surface area (Å²) in [5.74, 6) is 0.416. The highest BCUT2D eigenvalue weighted by Gasteiger charge is 2.24. The highest BCUT2D eigenvalue weighted by molar-refractivity contribution is 5.80. The van der Waals surface area contributed by atoms with Crippen LogP contribution >= 0.6 is 0 Å². The Bertz CT molecular complexity index is 736. The number of nitrogens with zero attached hydrogens (tertiary/aromatic N) is 4. The van der Waals surface area contributed by atoms with E-state index in [-0.39, 0.29) is 11.7 Å². The van der Waals surface area contributed by atoms with E-state index in [1.165, 1.54) is 19.1 Å². The van der Waals surface area contributed by atoms with Crippen LogP contribution in [0.25, 0.3) is 11.0 Å². The number of rotatable bonds is 4. The number of carbonyl (C=O) groups excluding carboxylic acids is 1. The van der Waals surface area contributed by atoms with Crippen molar-refractivity contribution in [1.29, 1.82) is 0 Å². The zero-order chi connectivity index (χ0) is 17.3. The first-order valence-corrected chi connectivity index (χ1v) is 8.33. The Morgan fingerprint density at radius 2 is 2.04 bits per heavy atom. The van der Waals surface area contributed by atoms with Crippen molar-refractivity contribution in [3.8, 4) is 0 Å². The molecule has 130 valence electrons. The second-order valence-corrected chi connectivity index (χ2v) is 6.18. The summed E-state index contributed by atoms with van der Waals surface area (Å²) in [6.07, 6.45) is -0.948. The summed E-state index contributed by atoms with van der Waals surface area (Å²) >= 11 is 0. The second-order valence-electron chi connectivity index (χ2n) is 6.18. The third-order valence-electron chi connectivity index (χ3n) is 4.51. The van der Waals surface area contributed by atoms with Gasteiger partial charge in [0.05, 0.1) is 17.6 Å². The predicted octanol–water partition coefficient (Wildman–Crippen LogP) is 1.22. The molecule has 1 amide bonds. The van der Waals surface area contributed by atoms with Crippen LogP contribution in [0.5, 0.6) is 0 Å². The van der Waals surface area contributed by atoms with Gasteiger partial charge in [0.2, 0.25) is 0 Å². The lowest BCUT2D eigenvalue weighted by molar-refractivity contribution is -0.141. The highest BCUT2D eigenvalue weighted by Crippen LogP contribution is 2.19. The molecule has 3 rings (SSSR count). The van der Waals surface area contributed by atoms with E-state index in [9.17, 15) is 14.3 Å². The van der Waals surface area contributed by atoms with E-state index in [4.69, 9.17) is 0 Å². The van der Waals surface area contributed by atoms with E-state index in [0.717, 1.165) is 31.0 Å².